The second kappa shape index (κ2) is 7.07. The Balaban J connectivity index is 2.20. The van der Waals surface area contributed by atoms with Gasteiger partial charge >= 0.3 is 0 Å². The fourth-order valence-corrected chi connectivity index (χ4v) is 2.54. The number of nitrogens with one attached hydrogen (secondary N) is 1. The molecule has 0 spiro atoms. The van der Waals surface area contributed by atoms with E-state index in [0.29, 0.717) is 12.8 Å². The first kappa shape index (κ1) is 16.0. The maximum atomic E-state index is 11.9. The topological polar surface area (TPSA) is 72.2 Å². The Kier molecular flexibility index (Phi) is 5.15. The number of amides is 2. The van der Waals surface area contributed by atoms with Crippen molar-refractivity contribution in [2.45, 2.75) is 32.7 Å². The lowest BCUT2D eigenvalue weighted by Crippen LogP contribution is -2.46. The predicted molar refractivity (Wildman–Crippen MR) is 88.2 cm³/mol. The van der Waals surface area contributed by atoms with E-state index in [1.54, 1.807) is 0 Å². The Morgan fingerprint density at radius 1 is 1.09 bits per heavy atom. The molecule has 3 N–H and O–H groups in total. The number of rotatable bonds is 6. The van der Waals surface area contributed by atoms with Crippen LogP contribution >= 0.6 is 0 Å². The second-order valence-corrected chi connectivity index (χ2v) is 5.96. The summed E-state index contributed by atoms with van der Waals surface area (Å²) >= 11 is 0. The van der Waals surface area contributed by atoms with E-state index in [4.69, 9.17) is 5.73 Å². The monoisotopic (exact) mass is 298 g/mol. The van der Waals surface area contributed by atoms with Gasteiger partial charge in [-0.2, -0.15) is 0 Å². The summed E-state index contributed by atoms with van der Waals surface area (Å²) in [5.41, 5.74) is 6.46. The van der Waals surface area contributed by atoms with Crippen LogP contribution in [0.15, 0.2) is 42.5 Å². The highest BCUT2D eigenvalue weighted by atomic mass is 16.2. The molecule has 4 nitrogen and oxygen atoms in total. The van der Waals surface area contributed by atoms with Crippen LogP contribution in [0.4, 0.5) is 0 Å². The minimum atomic E-state index is -0.683. The molecular weight excluding hydrogens is 276 g/mol. The van der Waals surface area contributed by atoms with E-state index in [1.165, 1.54) is 0 Å². The smallest absolute Gasteiger partial charge is 0.240 e. The minimum absolute atomic E-state index is 0.140. The van der Waals surface area contributed by atoms with Gasteiger partial charge in [0.05, 0.1) is 0 Å². The fraction of sp³-hybridized carbons (Fsp3) is 0.333. The van der Waals surface area contributed by atoms with Gasteiger partial charge in [-0.1, -0.05) is 56.3 Å². The van der Waals surface area contributed by atoms with Gasteiger partial charge in [0.2, 0.25) is 11.8 Å². The SMILES string of the molecule is CC(C)CC(=O)N[C@H](Cc1cccc2ccccc12)C(N)=O. The van der Waals surface area contributed by atoms with Crippen molar-refractivity contribution in [3.05, 3.63) is 48.0 Å². The maximum absolute atomic E-state index is 11.9. The van der Waals surface area contributed by atoms with Crippen LogP contribution in [0.5, 0.6) is 0 Å². The molecule has 2 rings (SSSR count). The van der Waals surface area contributed by atoms with Crippen molar-refractivity contribution in [2.75, 3.05) is 0 Å². The Bertz CT molecular complexity index is 674. The lowest BCUT2D eigenvalue weighted by atomic mass is 9.98. The van der Waals surface area contributed by atoms with Crippen LogP contribution < -0.4 is 11.1 Å². The lowest BCUT2D eigenvalue weighted by Gasteiger charge is -2.17. The molecule has 116 valence electrons. The van der Waals surface area contributed by atoms with E-state index in [9.17, 15) is 9.59 Å². The first-order valence-electron chi connectivity index (χ1n) is 7.52. The van der Waals surface area contributed by atoms with Gasteiger partial charge in [0, 0.05) is 12.8 Å². The zero-order chi connectivity index (χ0) is 16.1. The molecule has 2 aromatic carbocycles. The van der Waals surface area contributed by atoms with Gasteiger partial charge in [-0.25, -0.2) is 0 Å². The molecule has 0 unspecified atom stereocenters. The van der Waals surface area contributed by atoms with Gasteiger partial charge in [0.25, 0.3) is 0 Å². The maximum Gasteiger partial charge on any atom is 0.240 e. The lowest BCUT2D eigenvalue weighted by molar-refractivity contribution is -0.127. The summed E-state index contributed by atoms with van der Waals surface area (Å²) in [4.78, 5) is 23.6. The zero-order valence-corrected chi connectivity index (χ0v) is 13.0. The molecule has 2 amide bonds. The minimum Gasteiger partial charge on any atom is -0.368 e. The van der Waals surface area contributed by atoms with Crippen LogP contribution in [0, 0.1) is 5.92 Å². The summed E-state index contributed by atoms with van der Waals surface area (Å²) in [5.74, 6) is -0.407. The summed E-state index contributed by atoms with van der Waals surface area (Å²) in [6.07, 6.45) is 0.792. The summed E-state index contributed by atoms with van der Waals surface area (Å²) in [5, 5.41) is 4.93. The average molecular weight is 298 g/mol. The van der Waals surface area contributed by atoms with E-state index in [1.807, 2.05) is 56.3 Å². The van der Waals surface area contributed by atoms with Crippen molar-refractivity contribution < 1.29 is 9.59 Å². The molecule has 0 aliphatic heterocycles. The molecule has 0 saturated heterocycles. The van der Waals surface area contributed by atoms with Crippen LogP contribution in [0.3, 0.4) is 0 Å². The third-order valence-electron chi connectivity index (χ3n) is 3.58. The molecule has 22 heavy (non-hydrogen) atoms. The summed E-state index contributed by atoms with van der Waals surface area (Å²) in [6, 6.07) is 13.2. The standard InChI is InChI=1S/C18H22N2O2/c1-12(2)10-17(21)20-16(18(19)22)11-14-8-5-7-13-6-3-4-9-15(13)14/h3-9,12,16H,10-11H2,1-2H3,(H2,19,22)(H,20,21)/t16-/m1/s1. The normalized spacial score (nSPS) is 12.3. The van der Waals surface area contributed by atoms with Crippen molar-refractivity contribution in [1.82, 2.24) is 5.32 Å². The largest absolute Gasteiger partial charge is 0.368 e. The number of fused-ring (bicyclic) bond motifs is 1. The summed E-state index contributed by atoms with van der Waals surface area (Å²) in [7, 11) is 0. The van der Waals surface area contributed by atoms with Gasteiger partial charge in [0.1, 0.15) is 6.04 Å². The highest BCUT2D eigenvalue weighted by Gasteiger charge is 2.19. The molecule has 0 aliphatic carbocycles. The quantitative estimate of drug-likeness (QED) is 0.859. The molecule has 0 bridgehead atoms. The van der Waals surface area contributed by atoms with Crippen LogP contribution in [0.1, 0.15) is 25.8 Å². The highest BCUT2D eigenvalue weighted by Crippen LogP contribution is 2.19. The number of hydrogen-bond acceptors (Lipinski definition) is 2. The number of nitrogens with two attached hydrogens (primary N) is 1. The zero-order valence-electron chi connectivity index (χ0n) is 13.0. The van der Waals surface area contributed by atoms with Crippen molar-refractivity contribution in [3.63, 3.8) is 0 Å². The molecule has 0 radical (unpaired) electrons. The molecular formula is C18H22N2O2. The number of carbonyl (C=O) groups is 2. The van der Waals surface area contributed by atoms with Gasteiger partial charge < -0.3 is 11.1 Å². The Morgan fingerprint density at radius 2 is 1.77 bits per heavy atom. The van der Waals surface area contributed by atoms with Crippen molar-refractivity contribution in [3.8, 4) is 0 Å². The Hall–Kier alpha value is -2.36. The molecule has 4 heteroatoms. The number of hydrogen-bond donors (Lipinski definition) is 2. The van der Waals surface area contributed by atoms with Gasteiger partial charge in [0.15, 0.2) is 0 Å². The Labute approximate surface area is 130 Å². The predicted octanol–water partition coefficient (Wildman–Crippen LogP) is 2.40. The van der Waals surface area contributed by atoms with E-state index in [2.05, 4.69) is 5.32 Å². The fourth-order valence-electron chi connectivity index (χ4n) is 2.54. The number of carbonyl (C=O) groups excluding carboxylic acids is 2. The third-order valence-corrected chi connectivity index (χ3v) is 3.58. The van der Waals surface area contributed by atoms with E-state index < -0.39 is 11.9 Å². The highest BCUT2D eigenvalue weighted by molar-refractivity contribution is 5.89. The van der Waals surface area contributed by atoms with Crippen LogP contribution in [0.2, 0.25) is 0 Å². The number of primary amides is 1. The Morgan fingerprint density at radius 3 is 2.45 bits per heavy atom. The summed E-state index contributed by atoms with van der Waals surface area (Å²) < 4.78 is 0. The molecule has 0 saturated carbocycles. The third kappa shape index (κ3) is 4.07. The van der Waals surface area contributed by atoms with E-state index >= 15 is 0 Å². The molecule has 2 aromatic rings. The van der Waals surface area contributed by atoms with Crippen molar-refractivity contribution >= 4 is 22.6 Å². The molecule has 1 atom stereocenters. The van der Waals surface area contributed by atoms with Gasteiger partial charge in [-0.05, 0) is 22.3 Å². The van der Waals surface area contributed by atoms with Crippen molar-refractivity contribution in [2.24, 2.45) is 11.7 Å². The van der Waals surface area contributed by atoms with Crippen LogP contribution in [-0.4, -0.2) is 17.9 Å². The molecule has 0 fully saturated rings. The summed E-state index contributed by atoms with van der Waals surface area (Å²) in [6.45, 7) is 3.92. The van der Waals surface area contributed by atoms with E-state index in [-0.39, 0.29) is 11.8 Å². The molecule has 0 heterocycles. The van der Waals surface area contributed by atoms with Crippen LogP contribution in [-0.2, 0) is 16.0 Å². The van der Waals surface area contributed by atoms with Gasteiger partial charge in [-0.15, -0.1) is 0 Å². The average Bonchev–Trinajstić information content (AvgIpc) is 2.46. The van der Waals surface area contributed by atoms with Gasteiger partial charge in [-0.3, -0.25) is 9.59 Å². The van der Waals surface area contributed by atoms with Crippen molar-refractivity contribution in [1.29, 1.82) is 0 Å². The van der Waals surface area contributed by atoms with E-state index in [0.717, 1.165) is 16.3 Å². The first-order valence-corrected chi connectivity index (χ1v) is 7.52. The number of benzene rings is 2. The first-order chi connectivity index (χ1) is 10.5. The second-order valence-electron chi connectivity index (χ2n) is 5.96. The van der Waals surface area contributed by atoms with Crippen LogP contribution in [0.25, 0.3) is 10.8 Å². The molecule has 0 aliphatic rings. The molecule has 0 aromatic heterocycles.